The number of hydrogen-bond acceptors (Lipinski definition) is 4. The van der Waals surface area contributed by atoms with Crippen LogP contribution >= 0.6 is 0 Å². The molecule has 2 aromatic rings. The Hall–Kier alpha value is -1.93. The van der Waals surface area contributed by atoms with Gasteiger partial charge in [0, 0.05) is 13.1 Å². The highest BCUT2D eigenvalue weighted by Crippen LogP contribution is 2.18. The van der Waals surface area contributed by atoms with Crippen molar-refractivity contribution in [2.45, 2.75) is 18.7 Å². The molecule has 0 saturated heterocycles. The average Bonchev–Trinajstić information content (AvgIpc) is 2.39. The normalized spacial score (nSPS) is 12.2. The molecule has 2 rings (SSSR count). The number of nitrogens with one attached hydrogen (secondary N) is 2. The summed E-state index contributed by atoms with van der Waals surface area (Å²) in [5.41, 5.74) is -0.931. The molecule has 20 heavy (non-hydrogen) atoms. The number of aromatic amines is 2. The molecule has 8 heteroatoms. The molecule has 0 aliphatic rings. The van der Waals surface area contributed by atoms with Crippen molar-refractivity contribution in [3.63, 3.8) is 0 Å². The summed E-state index contributed by atoms with van der Waals surface area (Å²) in [6.45, 7) is 4.18. The van der Waals surface area contributed by atoms with E-state index in [0.717, 1.165) is 0 Å². The van der Waals surface area contributed by atoms with Crippen LogP contribution in [-0.2, 0) is 10.0 Å². The zero-order chi connectivity index (χ0) is 14.9. The molecule has 0 unspecified atom stereocenters. The summed E-state index contributed by atoms with van der Waals surface area (Å²) >= 11 is 0. The number of benzene rings is 1. The summed E-state index contributed by atoms with van der Waals surface area (Å²) in [5.74, 6) is 0. The van der Waals surface area contributed by atoms with E-state index >= 15 is 0 Å². The predicted molar refractivity (Wildman–Crippen MR) is 75.3 cm³/mol. The van der Waals surface area contributed by atoms with Crippen molar-refractivity contribution in [2.75, 3.05) is 13.1 Å². The Balaban J connectivity index is 2.69. The Morgan fingerprint density at radius 2 is 1.75 bits per heavy atom. The smallest absolute Gasteiger partial charge is 0.307 e. The van der Waals surface area contributed by atoms with E-state index in [4.69, 9.17) is 0 Å². The number of aromatic nitrogens is 2. The zero-order valence-electron chi connectivity index (χ0n) is 11.1. The number of fused-ring (bicyclic) bond motifs is 1. The highest BCUT2D eigenvalue weighted by molar-refractivity contribution is 7.89. The van der Waals surface area contributed by atoms with E-state index in [0.29, 0.717) is 18.6 Å². The van der Waals surface area contributed by atoms with Crippen LogP contribution in [0.2, 0.25) is 0 Å². The fourth-order valence-electron chi connectivity index (χ4n) is 2.02. The van der Waals surface area contributed by atoms with Crippen LogP contribution in [0.1, 0.15) is 13.8 Å². The van der Waals surface area contributed by atoms with E-state index < -0.39 is 21.3 Å². The molecule has 0 spiro atoms. The van der Waals surface area contributed by atoms with Crippen LogP contribution < -0.4 is 11.2 Å². The van der Waals surface area contributed by atoms with Crippen LogP contribution in [0.15, 0.2) is 32.7 Å². The fraction of sp³-hybridized carbons (Fsp3) is 0.333. The van der Waals surface area contributed by atoms with Crippen LogP contribution in [0.4, 0.5) is 0 Å². The Bertz CT molecular complexity index is 847. The first-order valence-corrected chi connectivity index (χ1v) is 7.60. The number of sulfonamides is 1. The quantitative estimate of drug-likeness (QED) is 0.844. The van der Waals surface area contributed by atoms with E-state index in [1.54, 1.807) is 13.8 Å². The van der Waals surface area contributed by atoms with Crippen LogP contribution in [-0.4, -0.2) is 35.8 Å². The van der Waals surface area contributed by atoms with E-state index in [2.05, 4.69) is 9.97 Å². The van der Waals surface area contributed by atoms with Crippen molar-refractivity contribution >= 4 is 20.9 Å². The monoisotopic (exact) mass is 297 g/mol. The number of rotatable bonds is 4. The van der Waals surface area contributed by atoms with Crippen LogP contribution in [0.5, 0.6) is 0 Å². The fourth-order valence-corrected chi connectivity index (χ4v) is 3.50. The van der Waals surface area contributed by atoms with Crippen molar-refractivity contribution in [3.05, 3.63) is 39.0 Å². The average molecular weight is 297 g/mol. The summed E-state index contributed by atoms with van der Waals surface area (Å²) in [5, 5.41) is 0.137. The van der Waals surface area contributed by atoms with Gasteiger partial charge in [0.2, 0.25) is 10.0 Å². The van der Waals surface area contributed by atoms with Gasteiger partial charge >= 0.3 is 5.69 Å². The third-order valence-electron chi connectivity index (χ3n) is 3.05. The Morgan fingerprint density at radius 3 is 2.35 bits per heavy atom. The first-order valence-electron chi connectivity index (χ1n) is 6.16. The molecule has 0 aliphatic heterocycles. The van der Waals surface area contributed by atoms with Gasteiger partial charge in [-0.1, -0.05) is 13.8 Å². The van der Waals surface area contributed by atoms with Gasteiger partial charge in [0.15, 0.2) is 0 Å². The molecular weight excluding hydrogens is 282 g/mol. The van der Waals surface area contributed by atoms with Crippen LogP contribution in [0, 0.1) is 0 Å². The highest BCUT2D eigenvalue weighted by atomic mass is 32.2. The Morgan fingerprint density at radius 1 is 1.10 bits per heavy atom. The summed E-state index contributed by atoms with van der Waals surface area (Å²) in [6, 6.07) is 4.07. The molecule has 1 aromatic carbocycles. The predicted octanol–water partition coefficient (Wildman–Crippen LogP) is 0.247. The number of H-pyrrole nitrogens is 2. The third kappa shape index (κ3) is 2.39. The molecular formula is C12H15N3O4S. The van der Waals surface area contributed by atoms with Gasteiger partial charge in [-0.25, -0.2) is 13.2 Å². The van der Waals surface area contributed by atoms with Crippen LogP contribution in [0.3, 0.4) is 0 Å². The van der Waals surface area contributed by atoms with E-state index in [1.165, 1.54) is 22.5 Å². The minimum absolute atomic E-state index is 0.0336. The maximum atomic E-state index is 12.4. The molecule has 0 fully saturated rings. The summed E-state index contributed by atoms with van der Waals surface area (Å²) in [6.07, 6.45) is 0. The first kappa shape index (κ1) is 14.5. The summed E-state index contributed by atoms with van der Waals surface area (Å²) < 4.78 is 26.0. The number of hydrogen-bond donors (Lipinski definition) is 2. The molecule has 7 nitrogen and oxygen atoms in total. The molecule has 0 bridgehead atoms. The molecule has 0 saturated carbocycles. The van der Waals surface area contributed by atoms with Gasteiger partial charge in [-0.15, -0.1) is 0 Å². The van der Waals surface area contributed by atoms with Crippen LogP contribution in [0.25, 0.3) is 10.9 Å². The maximum absolute atomic E-state index is 12.4. The summed E-state index contributed by atoms with van der Waals surface area (Å²) in [4.78, 5) is 27.4. The molecule has 2 N–H and O–H groups in total. The van der Waals surface area contributed by atoms with Crippen molar-refractivity contribution in [3.8, 4) is 0 Å². The van der Waals surface area contributed by atoms with Gasteiger partial charge in [-0.3, -0.25) is 9.78 Å². The minimum atomic E-state index is -3.63. The lowest BCUT2D eigenvalue weighted by Gasteiger charge is -2.18. The minimum Gasteiger partial charge on any atom is -0.307 e. The third-order valence-corrected chi connectivity index (χ3v) is 5.10. The molecule has 0 radical (unpaired) electrons. The molecule has 0 atom stereocenters. The molecule has 0 aliphatic carbocycles. The SMILES string of the molecule is CCN(CC)S(=O)(=O)c1ccc2[nH]c(=O)[nH]c(=O)c2c1. The lowest BCUT2D eigenvalue weighted by atomic mass is 10.2. The van der Waals surface area contributed by atoms with Crippen molar-refractivity contribution < 1.29 is 8.42 Å². The summed E-state index contributed by atoms with van der Waals surface area (Å²) in [7, 11) is -3.63. The molecule has 108 valence electrons. The highest BCUT2D eigenvalue weighted by Gasteiger charge is 2.22. The molecule has 1 aromatic heterocycles. The largest absolute Gasteiger partial charge is 0.326 e. The second kappa shape index (κ2) is 5.22. The van der Waals surface area contributed by atoms with Crippen molar-refractivity contribution in [1.29, 1.82) is 0 Å². The second-order valence-corrected chi connectivity index (χ2v) is 6.14. The standard InChI is InChI=1S/C12H15N3O4S/c1-3-15(4-2)20(18,19)8-5-6-10-9(7-8)11(16)14-12(17)13-10/h5-7H,3-4H2,1-2H3,(H2,13,14,16,17). The van der Waals surface area contributed by atoms with Crippen molar-refractivity contribution in [2.24, 2.45) is 0 Å². The zero-order valence-corrected chi connectivity index (χ0v) is 12.0. The van der Waals surface area contributed by atoms with Gasteiger partial charge in [0.25, 0.3) is 5.56 Å². The van der Waals surface area contributed by atoms with E-state index in [-0.39, 0.29) is 10.3 Å². The molecule has 1 heterocycles. The lowest BCUT2D eigenvalue weighted by molar-refractivity contribution is 0.445. The van der Waals surface area contributed by atoms with Crippen molar-refractivity contribution in [1.82, 2.24) is 14.3 Å². The van der Waals surface area contributed by atoms with Gasteiger partial charge in [0.05, 0.1) is 15.8 Å². The van der Waals surface area contributed by atoms with Gasteiger partial charge in [-0.2, -0.15) is 4.31 Å². The van der Waals surface area contributed by atoms with E-state index in [9.17, 15) is 18.0 Å². The second-order valence-electron chi connectivity index (χ2n) is 4.20. The first-order chi connectivity index (χ1) is 9.40. The van der Waals surface area contributed by atoms with Gasteiger partial charge in [-0.05, 0) is 18.2 Å². The Kier molecular flexibility index (Phi) is 3.78. The lowest BCUT2D eigenvalue weighted by Crippen LogP contribution is -2.31. The van der Waals surface area contributed by atoms with Gasteiger partial charge < -0.3 is 4.98 Å². The topological polar surface area (TPSA) is 103 Å². The maximum Gasteiger partial charge on any atom is 0.326 e. The number of nitrogens with zero attached hydrogens (tertiary/aromatic N) is 1. The Labute approximate surface area is 115 Å². The molecule has 0 amide bonds. The van der Waals surface area contributed by atoms with E-state index in [1.807, 2.05) is 0 Å². The van der Waals surface area contributed by atoms with Gasteiger partial charge in [0.1, 0.15) is 0 Å².